The van der Waals surface area contributed by atoms with E-state index in [1.54, 1.807) is 0 Å². The quantitative estimate of drug-likeness (QED) is 0.577. The van der Waals surface area contributed by atoms with Gasteiger partial charge in [0.15, 0.2) is 0 Å². The summed E-state index contributed by atoms with van der Waals surface area (Å²) < 4.78 is 6.51. The van der Waals surface area contributed by atoms with Crippen molar-refractivity contribution in [1.82, 2.24) is 4.90 Å². The van der Waals surface area contributed by atoms with Gasteiger partial charge in [-0.2, -0.15) is 0 Å². The van der Waals surface area contributed by atoms with Crippen molar-refractivity contribution in [2.24, 2.45) is 0 Å². The average Bonchev–Trinajstić information content (AvgIpc) is 3.08. The van der Waals surface area contributed by atoms with E-state index in [1.165, 1.54) is 22.3 Å². The molecule has 3 aromatic carbocycles. The minimum absolute atomic E-state index is 0.0358. The van der Waals surface area contributed by atoms with E-state index in [2.05, 4.69) is 112 Å². The fraction of sp³-hybridized carbons (Fsp3) is 0.308. The minimum Gasteiger partial charge on any atom is -0.484 e. The van der Waals surface area contributed by atoms with Gasteiger partial charge in [0, 0.05) is 5.41 Å². The van der Waals surface area contributed by atoms with Crippen LogP contribution >= 0.6 is 0 Å². The largest absolute Gasteiger partial charge is 0.484 e. The van der Waals surface area contributed by atoms with Gasteiger partial charge in [0.05, 0.1) is 6.04 Å². The Balaban J connectivity index is 1.58. The van der Waals surface area contributed by atoms with Crippen LogP contribution in [0.15, 0.2) is 78.9 Å². The third-order valence-electron chi connectivity index (χ3n) is 6.14. The highest BCUT2D eigenvalue weighted by atomic mass is 16.5. The van der Waals surface area contributed by atoms with Crippen LogP contribution in [0.5, 0.6) is 5.75 Å². The second kappa shape index (κ2) is 7.44. The summed E-state index contributed by atoms with van der Waals surface area (Å²) >= 11 is 0. The van der Waals surface area contributed by atoms with Gasteiger partial charge in [0.2, 0.25) is 0 Å². The van der Waals surface area contributed by atoms with Gasteiger partial charge in [0.25, 0.3) is 0 Å². The van der Waals surface area contributed by atoms with Gasteiger partial charge in [-0.25, -0.2) is 0 Å². The van der Waals surface area contributed by atoms with Gasteiger partial charge in [0.1, 0.15) is 11.9 Å². The van der Waals surface area contributed by atoms with Gasteiger partial charge in [-0.05, 0) is 54.9 Å². The lowest BCUT2D eigenvalue weighted by molar-refractivity contribution is 0.111. The first kappa shape index (κ1) is 18.8. The van der Waals surface area contributed by atoms with Crippen molar-refractivity contribution in [3.8, 4) is 5.75 Å². The molecule has 1 aliphatic rings. The Morgan fingerprint density at radius 1 is 0.786 bits per heavy atom. The third kappa shape index (κ3) is 3.45. The normalized spacial score (nSPS) is 18.9. The van der Waals surface area contributed by atoms with E-state index in [4.69, 9.17) is 4.74 Å². The van der Waals surface area contributed by atoms with Crippen molar-refractivity contribution < 1.29 is 4.74 Å². The standard InChI is InChI=1S/C26H29NO/c1-26(2,20-11-6-5-7-12-20)21-14-16-22(17-15-21)28-25-23-13-9-8-10-19(23)18-24(25)27(3)4/h5-17,24-25H,18H2,1-4H3. The van der Waals surface area contributed by atoms with Crippen LogP contribution in [0, 0.1) is 0 Å². The summed E-state index contributed by atoms with van der Waals surface area (Å²) in [6.45, 7) is 4.54. The first-order valence-electron chi connectivity index (χ1n) is 10.0. The molecule has 3 aromatic rings. The topological polar surface area (TPSA) is 12.5 Å². The molecule has 28 heavy (non-hydrogen) atoms. The number of rotatable bonds is 5. The maximum Gasteiger partial charge on any atom is 0.140 e. The molecule has 2 nitrogen and oxygen atoms in total. The molecule has 2 heteroatoms. The molecule has 0 N–H and O–H groups in total. The fourth-order valence-electron chi connectivity index (χ4n) is 4.25. The average molecular weight is 372 g/mol. The molecule has 0 aromatic heterocycles. The summed E-state index contributed by atoms with van der Waals surface area (Å²) in [7, 11) is 4.27. The summed E-state index contributed by atoms with van der Waals surface area (Å²) in [6.07, 6.45) is 1.10. The van der Waals surface area contributed by atoms with Crippen LogP contribution in [0.1, 0.15) is 42.2 Å². The third-order valence-corrected chi connectivity index (χ3v) is 6.14. The van der Waals surface area contributed by atoms with E-state index in [1.807, 2.05) is 0 Å². The van der Waals surface area contributed by atoms with E-state index in [0.717, 1.165) is 12.2 Å². The van der Waals surface area contributed by atoms with E-state index in [0.29, 0.717) is 6.04 Å². The maximum atomic E-state index is 6.51. The number of hydrogen-bond donors (Lipinski definition) is 0. The number of benzene rings is 3. The second-order valence-corrected chi connectivity index (χ2v) is 8.49. The SMILES string of the molecule is CN(C)C1Cc2ccccc2C1Oc1ccc(C(C)(C)c2ccccc2)cc1. The van der Waals surface area contributed by atoms with E-state index < -0.39 is 0 Å². The van der Waals surface area contributed by atoms with Crippen molar-refractivity contribution in [2.45, 2.75) is 37.8 Å². The minimum atomic E-state index is -0.0358. The highest BCUT2D eigenvalue weighted by molar-refractivity contribution is 5.41. The van der Waals surface area contributed by atoms with E-state index in [-0.39, 0.29) is 11.5 Å². The van der Waals surface area contributed by atoms with Crippen LogP contribution in [0.2, 0.25) is 0 Å². The molecule has 144 valence electrons. The molecule has 2 unspecified atom stereocenters. The first-order valence-corrected chi connectivity index (χ1v) is 10.0. The number of nitrogens with zero attached hydrogens (tertiary/aromatic N) is 1. The lowest BCUT2D eigenvalue weighted by Gasteiger charge is -2.28. The van der Waals surface area contributed by atoms with Crippen molar-refractivity contribution >= 4 is 0 Å². The molecule has 0 amide bonds. The summed E-state index contributed by atoms with van der Waals surface area (Å²) in [5.74, 6) is 0.932. The zero-order chi connectivity index (χ0) is 19.7. The molecule has 0 heterocycles. The first-order chi connectivity index (χ1) is 13.5. The van der Waals surface area contributed by atoms with Gasteiger partial charge < -0.3 is 9.64 Å². The Morgan fingerprint density at radius 2 is 1.39 bits per heavy atom. The molecule has 0 saturated heterocycles. The smallest absolute Gasteiger partial charge is 0.140 e. The van der Waals surface area contributed by atoms with Gasteiger partial charge in [-0.15, -0.1) is 0 Å². The molecular formula is C26H29NO. The van der Waals surface area contributed by atoms with Crippen molar-refractivity contribution in [1.29, 1.82) is 0 Å². The van der Waals surface area contributed by atoms with Crippen LogP contribution in [0.3, 0.4) is 0 Å². The van der Waals surface area contributed by atoms with Gasteiger partial charge >= 0.3 is 0 Å². The predicted molar refractivity (Wildman–Crippen MR) is 116 cm³/mol. The lowest BCUT2D eigenvalue weighted by atomic mass is 9.78. The Kier molecular flexibility index (Phi) is 4.99. The Bertz CT molecular complexity index is 928. The van der Waals surface area contributed by atoms with E-state index in [9.17, 15) is 0 Å². The molecule has 0 saturated carbocycles. The molecular weight excluding hydrogens is 342 g/mol. The van der Waals surface area contributed by atoms with Crippen molar-refractivity contribution in [3.63, 3.8) is 0 Å². The number of likely N-dealkylation sites (N-methyl/N-ethyl adjacent to an activating group) is 1. The van der Waals surface area contributed by atoms with Crippen molar-refractivity contribution in [2.75, 3.05) is 14.1 Å². The van der Waals surface area contributed by atoms with Crippen LogP contribution in [0.25, 0.3) is 0 Å². The molecule has 0 bridgehead atoms. The molecule has 0 spiro atoms. The highest BCUT2D eigenvalue weighted by Crippen LogP contribution is 2.38. The zero-order valence-electron chi connectivity index (χ0n) is 17.2. The van der Waals surface area contributed by atoms with Crippen LogP contribution < -0.4 is 4.74 Å². The molecule has 2 atom stereocenters. The molecule has 0 aliphatic heterocycles. The number of ether oxygens (including phenoxy) is 1. The molecule has 0 fully saturated rings. The maximum absolute atomic E-state index is 6.51. The fourth-order valence-corrected chi connectivity index (χ4v) is 4.25. The van der Waals surface area contributed by atoms with Gasteiger partial charge in [-0.3, -0.25) is 0 Å². The van der Waals surface area contributed by atoms with E-state index >= 15 is 0 Å². The predicted octanol–water partition coefficient (Wildman–Crippen LogP) is 5.62. The summed E-state index contributed by atoms with van der Waals surface area (Å²) in [5.41, 5.74) is 5.29. The Labute approximate surface area is 168 Å². The number of fused-ring (bicyclic) bond motifs is 1. The van der Waals surface area contributed by atoms with Crippen LogP contribution in [-0.4, -0.2) is 25.0 Å². The molecule has 1 aliphatic carbocycles. The zero-order valence-corrected chi connectivity index (χ0v) is 17.2. The second-order valence-electron chi connectivity index (χ2n) is 8.49. The Morgan fingerprint density at radius 3 is 2.07 bits per heavy atom. The molecule has 0 radical (unpaired) electrons. The molecule has 4 rings (SSSR count). The lowest BCUT2D eigenvalue weighted by Crippen LogP contribution is -2.34. The summed E-state index contributed by atoms with van der Waals surface area (Å²) in [6, 6.07) is 28.3. The van der Waals surface area contributed by atoms with Gasteiger partial charge in [-0.1, -0.05) is 80.6 Å². The monoisotopic (exact) mass is 371 g/mol. The highest BCUT2D eigenvalue weighted by Gasteiger charge is 2.35. The Hall–Kier alpha value is -2.58. The van der Waals surface area contributed by atoms with Crippen molar-refractivity contribution in [3.05, 3.63) is 101 Å². The van der Waals surface area contributed by atoms with Crippen LogP contribution in [0.4, 0.5) is 0 Å². The summed E-state index contributed by atoms with van der Waals surface area (Å²) in [5, 5.41) is 0. The number of hydrogen-bond acceptors (Lipinski definition) is 2. The van der Waals surface area contributed by atoms with Crippen LogP contribution in [-0.2, 0) is 11.8 Å². The summed E-state index contributed by atoms with van der Waals surface area (Å²) in [4.78, 5) is 2.28.